The fraction of sp³-hybridized carbons (Fsp3) is 0.522. The summed E-state index contributed by atoms with van der Waals surface area (Å²) in [6.07, 6.45) is 6.02. The molecule has 1 aromatic heterocycles. The number of hydrogen-bond acceptors (Lipinski definition) is 5. The standard InChI is InChI=1S/C23H33N7.HI/c1-24-22(30-12-8-21(19-30)18-20-6-3-2-4-7-20)27-11-13-28-14-16-29(17-15-28)23-25-9-5-10-26-23;/h2-7,9-10,21H,8,11-19H2,1H3,(H,24,27);1H. The highest BCUT2D eigenvalue weighted by molar-refractivity contribution is 14.0. The summed E-state index contributed by atoms with van der Waals surface area (Å²) >= 11 is 0. The summed E-state index contributed by atoms with van der Waals surface area (Å²) in [5, 5.41) is 3.58. The number of anilines is 1. The highest BCUT2D eigenvalue weighted by Gasteiger charge is 2.25. The van der Waals surface area contributed by atoms with Crippen LogP contribution in [0.4, 0.5) is 5.95 Å². The van der Waals surface area contributed by atoms with Gasteiger partial charge in [0.05, 0.1) is 0 Å². The Balaban J connectivity index is 0.00000272. The first-order valence-electron chi connectivity index (χ1n) is 11.1. The first kappa shape index (κ1) is 23.7. The van der Waals surface area contributed by atoms with Crippen molar-refractivity contribution in [2.45, 2.75) is 12.8 Å². The number of benzene rings is 1. The molecule has 1 aromatic carbocycles. The van der Waals surface area contributed by atoms with Crippen molar-refractivity contribution in [1.29, 1.82) is 0 Å². The van der Waals surface area contributed by atoms with Crippen LogP contribution in [0, 0.1) is 5.92 Å². The maximum atomic E-state index is 4.53. The van der Waals surface area contributed by atoms with E-state index < -0.39 is 0 Å². The van der Waals surface area contributed by atoms with Crippen molar-refractivity contribution in [3.63, 3.8) is 0 Å². The summed E-state index contributed by atoms with van der Waals surface area (Å²) in [7, 11) is 1.89. The van der Waals surface area contributed by atoms with Gasteiger partial charge in [0.25, 0.3) is 0 Å². The third-order valence-corrected chi connectivity index (χ3v) is 6.08. The van der Waals surface area contributed by atoms with Crippen LogP contribution < -0.4 is 10.2 Å². The maximum Gasteiger partial charge on any atom is 0.225 e. The number of piperazine rings is 1. The molecule has 31 heavy (non-hydrogen) atoms. The summed E-state index contributed by atoms with van der Waals surface area (Å²) in [6, 6.07) is 12.7. The second kappa shape index (κ2) is 12.2. The van der Waals surface area contributed by atoms with Gasteiger partial charge >= 0.3 is 0 Å². The molecule has 0 saturated carbocycles. The zero-order chi connectivity index (χ0) is 20.6. The highest BCUT2D eigenvalue weighted by Crippen LogP contribution is 2.20. The number of halogens is 1. The fourth-order valence-corrected chi connectivity index (χ4v) is 4.42. The zero-order valence-corrected chi connectivity index (χ0v) is 20.7. The Morgan fingerprint density at radius 1 is 1.03 bits per heavy atom. The van der Waals surface area contributed by atoms with Crippen LogP contribution in [0.25, 0.3) is 0 Å². The molecule has 2 aliphatic heterocycles. The normalized spacial score (nSPS) is 19.9. The van der Waals surface area contributed by atoms with Crippen LogP contribution in [0.1, 0.15) is 12.0 Å². The van der Waals surface area contributed by atoms with Gasteiger partial charge in [0.2, 0.25) is 5.95 Å². The monoisotopic (exact) mass is 535 g/mol. The molecule has 8 heteroatoms. The van der Waals surface area contributed by atoms with Crippen LogP contribution in [-0.2, 0) is 6.42 Å². The third-order valence-electron chi connectivity index (χ3n) is 6.08. The second-order valence-electron chi connectivity index (χ2n) is 8.14. The predicted molar refractivity (Wildman–Crippen MR) is 137 cm³/mol. The van der Waals surface area contributed by atoms with Crippen molar-refractivity contribution in [3.8, 4) is 0 Å². The number of aliphatic imine (C=N–C) groups is 1. The van der Waals surface area contributed by atoms with Gasteiger partial charge in [0.15, 0.2) is 5.96 Å². The molecular formula is C23H34IN7. The molecule has 0 aliphatic carbocycles. The summed E-state index contributed by atoms with van der Waals surface area (Å²) < 4.78 is 0. The van der Waals surface area contributed by atoms with Crippen molar-refractivity contribution in [1.82, 2.24) is 25.1 Å². The van der Waals surface area contributed by atoms with E-state index >= 15 is 0 Å². The molecule has 7 nitrogen and oxygen atoms in total. The van der Waals surface area contributed by atoms with Crippen LogP contribution in [-0.4, -0.2) is 85.1 Å². The minimum Gasteiger partial charge on any atom is -0.355 e. The van der Waals surface area contributed by atoms with Gasteiger partial charge in [0, 0.05) is 71.8 Å². The van der Waals surface area contributed by atoms with Crippen LogP contribution in [0.5, 0.6) is 0 Å². The first-order chi connectivity index (χ1) is 14.8. The first-order valence-corrected chi connectivity index (χ1v) is 11.1. The number of nitrogens with zero attached hydrogens (tertiary/aromatic N) is 6. The summed E-state index contributed by atoms with van der Waals surface area (Å²) in [5.74, 6) is 2.59. The van der Waals surface area contributed by atoms with Crippen molar-refractivity contribution in [2.24, 2.45) is 10.9 Å². The molecule has 2 aromatic rings. The van der Waals surface area contributed by atoms with Gasteiger partial charge in [-0.05, 0) is 30.4 Å². The van der Waals surface area contributed by atoms with Gasteiger partial charge in [-0.15, -0.1) is 24.0 Å². The average Bonchev–Trinajstić information content (AvgIpc) is 3.26. The number of aromatic nitrogens is 2. The Morgan fingerprint density at radius 3 is 2.48 bits per heavy atom. The van der Waals surface area contributed by atoms with E-state index in [0.29, 0.717) is 5.92 Å². The van der Waals surface area contributed by atoms with Gasteiger partial charge in [-0.3, -0.25) is 9.89 Å². The molecule has 0 amide bonds. The van der Waals surface area contributed by atoms with Gasteiger partial charge in [-0.25, -0.2) is 9.97 Å². The lowest BCUT2D eigenvalue weighted by Crippen LogP contribution is -2.50. The molecule has 1 unspecified atom stereocenters. The van der Waals surface area contributed by atoms with Crippen molar-refractivity contribution >= 4 is 35.9 Å². The van der Waals surface area contributed by atoms with E-state index in [0.717, 1.165) is 70.7 Å². The Bertz CT molecular complexity index is 794. The Morgan fingerprint density at radius 2 is 1.77 bits per heavy atom. The maximum absolute atomic E-state index is 4.53. The summed E-state index contributed by atoms with van der Waals surface area (Å²) in [6.45, 7) is 8.18. The number of hydrogen-bond donors (Lipinski definition) is 1. The van der Waals surface area contributed by atoms with Crippen molar-refractivity contribution < 1.29 is 0 Å². The van der Waals surface area contributed by atoms with E-state index in [9.17, 15) is 0 Å². The largest absolute Gasteiger partial charge is 0.355 e. The zero-order valence-electron chi connectivity index (χ0n) is 18.4. The van der Waals surface area contributed by atoms with E-state index in [1.807, 2.05) is 25.5 Å². The van der Waals surface area contributed by atoms with Crippen LogP contribution in [0.3, 0.4) is 0 Å². The van der Waals surface area contributed by atoms with Crippen molar-refractivity contribution in [3.05, 3.63) is 54.4 Å². The average molecular weight is 535 g/mol. The topological polar surface area (TPSA) is 59.9 Å². The van der Waals surface area contributed by atoms with E-state index in [4.69, 9.17) is 0 Å². The van der Waals surface area contributed by atoms with Crippen molar-refractivity contribution in [2.75, 3.05) is 64.3 Å². The van der Waals surface area contributed by atoms with E-state index in [2.05, 4.69) is 65.3 Å². The molecule has 2 fully saturated rings. The van der Waals surface area contributed by atoms with Crippen LogP contribution >= 0.6 is 24.0 Å². The number of guanidine groups is 1. The molecule has 2 aliphatic rings. The third kappa shape index (κ3) is 6.77. The molecule has 3 heterocycles. The van der Waals surface area contributed by atoms with Crippen LogP contribution in [0.2, 0.25) is 0 Å². The minimum atomic E-state index is 0. The summed E-state index contributed by atoms with van der Waals surface area (Å²) in [5.41, 5.74) is 1.44. The molecular weight excluding hydrogens is 501 g/mol. The van der Waals surface area contributed by atoms with E-state index in [1.165, 1.54) is 12.0 Å². The smallest absolute Gasteiger partial charge is 0.225 e. The lowest BCUT2D eigenvalue weighted by molar-refractivity contribution is 0.259. The number of rotatable bonds is 6. The minimum absolute atomic E-state index is 0. The lowest BCUT2D eigenvalue weighted by Gasteiger charge is -2.34. The Kier molecular flexibility index (Phi) is 9.32. The van der Waals surface area contributed by atoms with Gasteiger partial charge in [0.1, 0.15) is 0 Å². The lowest BCUT2D eigenvalue weighted by atomic mass is 9.99. The summed E-state index contributed by atoms with van der Waals surface area (Å²) in [4.78, 5) is 20.4. The van der Waals surface area contributed by atoms with Gasteiger partial charge < -0.3 is 15.1 Å². The number of likely N-dealkylation sites (tertiary alicyclic amines) is 1. The molecule has 0 radical (unpaired) electrons. The highest BCUT2D eigenvalue weighted by atomic mass is 127. The molecule has 0 bridgehead atoms. The SMILES string of the molecule is CN=C(NCCN1CCN(c2ncccn2)CC1)N1CCC(Cc2ccccc2)C1.I. The Labute approximate surface area is 203 Å². The fourth-order valence-electron chi connectivity index (χ4n) is 4.42. The Hall–Kier alpha value is -1.94. The molecule has 0 spiro atoms. The predicted octanol–water partition coefficient (Wildman–Crippen LogP) is 2.36. The quantitative estimate of drug-likeness (QED) is 0.348. The molecule has 4 rings (SSSR count). The molecule has 1 N–H and O–H groups in total. The molecule has 2 saturated heterocycles. The number of nitrogens with one attached hydrogen (secondary N) is 1. The molecule has 168 valence electrons. The van der Waals surface area contributed by atoms with Crippen LogP contribution in [0.15, 0.2) is 53.8 Å². The van der Waals surface area contributed by atoms with E-state index in [1.54, 1.807) is 0 Å². The van der Waals surface area contributed by atoms with Gasteiger partial charge in [-0.1, -0.05) is 30.3 Å². The second-order valence-corrected chi connectivity index (χ2v) is 8.14. The van der Waals surface area contributed by atoms with Gasteiger partial charge in [-0.2, -0.15) is 0 Å². The molecule has 1 atom stereocenters. The van der Waals surface area contributed by atoms with E-state index in [-0.39, 0.29) is 24.0 Å².